The summed E-state index contributed by atoms with van der Waals surface area (Å²) in [6.45, 7) is 4.35. The summed E-state index contributed by atoms with van der Waals surface area (Å²) >= 11 is 1.96. The molecule has 0 unspecified atom stereocenters. The Balaban J connectivity index is -0.000000320. The predicted octanol–water partition coefficient (Wildman–Crippen LogP) is 1.37. The molecule has 0 radical (unpaired) electrons. The quantitative estimate of drug-likeness (QED) is 0.816. The fourth-order valence-electron chi connectivity index (χ4n) is 0.989. The zero-order valence-electron chi connectivity index (χ0n) is 10.3. The average molecular weight is 314 g/mol. The third kappa shape index (κ3) is 11.6. The molecule has 0 saturated carbocycles. The Morgan fingerprint density at radius 2 is 1.42 bits per heavy atom. The topological polar surface area (TPSA) is 106 Å². The normalized spacial score (nSPS) is 8.11. The molecule has 0 aliphatic heterocycles. The van der Waals surface area contributed by atoms with Crippen molar-refractivity contribution in [2.75, 3.05) is 11.5 Å². The number of rotatable bonds is 4. The minimum atomic E-state index is -1.13. The number of hydrogen-bond acceptors (Lipinski definition) is 3. The van der Waals surface area contributed by atoms with E-state index in [1.54, 1.807) is 0 Å². The van der Waals surface area contributed by atoms with Crippen LogP contribution in [-0.4, -0.2) is 90.5 Å². The van der Waals surface area contributed by atoms with Gasteiger partial charge in [0.25, 0.3) is 0 Å². The molecular formula is C12H19KO5S. The van der Waals surface area contributed by atoms with Gasteiger partial charge in [0.05, 0.1) is 11.1 Å². The van der Waals surface area contributed by atoms with Crippen LogP contribution in [0.4, 0.5) is 0 Å². The first-order valence-electron chi connectivity index (χ1n) is 5.17. The van der Waals surface area contributed by atoms with Crippen LogP contribution in [0.1, 0.15) is 34.6 Å². The molecule has 4 N–H and O–H groups in total. The zero-order chi connectivity index (χ0) is 13.3. The second kappa shape index (κ2) is 14.5. The van der Waals surface area contributed by atoms with Gasteiger partial charge in [-0.15, -0.1) is 0 Å². The maximum atomic E-state index is 10.4. The first-order chi connectivity index (χ1) is 8.02. The van der Waals surface area contributed by atoms with E-state index in [9.17, 15) is 9.59 Å². The predicted molar refractivity (Wildman–Crippen MR) is 79.8 cm³/mol. The molecule has 0 aliphatic rings. The Kier molecular flexibility index (Phi) is 18.4. The van der Waals surface area contributed by atoms with Crippen LogP contribution < -0.4 is 0 Å². The van der Waals surface area contributed by atoms with Gasteiger partial charge >= 0.3 is 63.3 Å². The third-order valence-corrected chi connectivity index (χ3v) is 2.58. The molecule has 0 atom stereocenters. The van der Waals surface area contributed by atoms with Gasteiger partial charge < -0.3 is 15.7 Å². The molecule has 5 nitrogen and oxygen atoms in total. The van der Waals surface area contributed by atoms with Crippen LogP contribution in [0.15, 0.2) is 24.3 Å². The zero-order valence-corrected chi connectivity index (χ0v) is 11.2. The first kappa shape index (κ1) is 24.1. The van der Waals surface area contributed by atoms with E-state index in [1.807, 2.05) is 11.8 Å². The van der Waals surface area contributed by atoms with Gasteiger partial charge in [0.15, 0.2) is 0 Å². The summed E-state index contributed by atoms with van der Waals surface area (Å²) in [7, 11) is 0. The SMILES string of the molecule is CCSCC.O.O=C(O)c1cccc(C(=O)O)c1.[KH]. The van der Waals surface area contributed by atoms with Crippen LogP contribution in [0, 0.1) is 0 Å². The van der Waals surface area contributed by atoms with Crippen molar-refractivity contribution < 1.29 is 25.3 Å². The summed E-state index contributed by atoms with van der Waals surface area (Å²) in [5.41, 5.74) is -0.0372. The molecule has 0 aliphatic carbocycles. The fraction of sp³-hybridized carbons (Fsp3) is 0.333. The molecule has 7 heteroatoms. The van der Waals surface area contributed by atoms with Gasteiger partial charge in [0, 0.05) is 0 Å². The molecule has 1 rings (SSSR count). The molecule has 0 spiro atoms. The second-order valence-electron chi connectivity index (χ2n) is 2.97. The number of carboxylic acids is 2. The summed E-state index contributed by atoms with van der Waals surface area (Å²) in [6.07, 6.45) is 0. The van der Waals surface area contributed by atoms with Crippen LogP contribution in [0.2, 0.25) is 0 Å². The first-order valence-corrected chi connectivity index (χ1v) is 6.32. The van der Waals surface area contributed by atoms with Crippen LogP contribution >= 0.6 is 11.8 Å². The van der Waals surface area contributed by atoms with E-state index in [-0.39, 0.29) is 68.0 Å². The molecule has 0 saturated heterocycles. The Morgan fingerprint density at radius 1 is 1.05 bits per heavy atom. The van der Waals surface area contributed by atoms with Crippen molar-refractivity contribution in [1.29, 1.82) is 0 Å². The number of hydrogen-bond donors (Lipinski definition) is 2. The summed E-state index contributed by atoms with van der Waals surface area (Å²) in [4.78, 5) is 20.8. The van der Waals surface area contributed by atoms with Crippen molar-refractivity contribution in [3.8, 4) is 0 Å². The average Bonchev–Trinajstić information content (AvgIpc) is 2.31. The number of carbonyl (C=O) groups is 2. The standard InChI is InChI=1S/C8H6O4.C4H10S.K.H2O.H/c9-7(10)5-2-1-3-6(4-5)8(11)12;1-3-5-4-2;;;/h1-4H,(H,9,10)(H,11,12);3-4H2,1-2H3;;1H2;. The van der Waals surface area contributed by atoms with Gasteiger partial charge in [0.2, 0.25) is 0 Å². The van der Waals surface area contributed by atoms with Gasteiger partial charge in [-0.2, -0.15) is 11.8 Å². The number of benzene rings is 1. The van der Waals surface area contributed by atoms with Crippen LogP contribution in [0.5, 0.6) is 0 Å². The third-order valence-electron chi connectivity index (χ3n) is 1.76. The molecular weight excluding hydrogens is 295 g/mol. The maximum absolute atomic E-state index is 10.4. The summed E-state index contributed by atoms with van der Waals surface area (Å²) < 4.78 is 0. The number of thioether (sulfide) groups is 1. The molecule has 0 heterocycles. The van der Waals surface area contributed by atoms with Crippen LogP contribution in [0.25, 0.3) is 0 Å². The van der Waals surface area contributed by atoms with Crippen LogP contribution in [0.3, 0.4) is 0 Å². The van der Waals surface area contributed by atoms with E-state index >= 15 is 0 Å². The molecule has 1 aromatic carbocycles. The molecule has 0 amide bonds. The molecule has 19 heavy (non-hydrogen) atoms. The van der Waals surface area contributed by atoms with Crippen LogP contribution in [-0.2, 0) is 0 Å². The van der Waals surface area contributed by atoms with Gasteiger partial charge in [-0.05, 0) is 29.7 Å². The second-order valence-corrected chi connectivity index (χ2v) is 4.54. The molecule has 1 aromatic rings. The summed E-state index contributed by atoms with van der Waals surface area (Å²) in [5.74, 6) is 0.267. The molecule has 0 bridgehead atoms. The van der Waals surface area contributed by atoms with Crippen molar-refractivity contribution in [2.45, 2.75) is 13.8 Å². The van der Waals surface area contributed by atoms with E-state index in [2.05, 4.69) is 13.8 Å². The Morgan fingerprint density at radius 3 is 1.63 bits per heavy atom. The van der Waals surface area contributed by atoms with Crippen molar-refractivity contribution in [3.05, 3.63) is 35.4 Å². The van der Waals surface area contributed by atoms with Gasteiger partial charge in [-0.25, -0.2) is 9.59 Å². The molecule has 104 valence electrons. The summed E-state index contributed by atoms with van der Waals surface area (Å²) in [6, 6.07) is 5.20. The minimum absolute atomic E-state index is 0. The van der Waals surface area contributed by atoms with E-state index in [0.717, 1.165) is 6.07 Å². The van der Waals surface area contributed by atoms with E-state index in [1.165, 1.54) is 29.7 Å². The Hall–Kier alpha value is 0.106. The van der Waals surface area contributed by atoms with E-state index < -0.39 is 11.9 Å². The molecule has 0 fully saturated rings. The van der Waals surface area contributed by atoms with Crippen molar-refractivity contribution >= 4 is 75.1 Å². The fourth-order valence-corrected chi connectivity index (χ4v) is 1.40. The van der Waals surface area contributed by atoms with Crippen molar-refractivity contribution in [3.63, 3.8) is 0 Å². The van der Waals surface area contributed by atoms with Crippen molar-refractivity contribution in [1.82, 2.24) is 0 Å². The monoisotopic (exact) mass is 314 g/mol. The van der Waals surface area contributed by atoms with E-state index in [0.29, 0.717) is 0 Å². The summed E-state index contributed by atoms with van der Waals surface area (Å²) in [5, 5.41) is 17.0. The Labute approximate surface area is 159 Å². The van der Waals surface area contributed by atoms with Crippen molar-refractivity contribution in [2.24, 2.45) is 0 Å². The van der Waals surface area contributed by atoms with E-state index in [4.69, 9.17) is 10.2 Å². The molecule has 0 aromatic heterocycles. The van der Waals surface area contributed by atoms with Gasteiger partial charge in [-0.1, -0.05) is 19.9 Å². The van der Waals surface area contributed by atoms with Gasteiger partial charge in [-0.3, -0.25) is 0 Å². The Bertz CT molecular complexity index is 353. The number of carboxylic acid groups (broad SMARTS) is 2. The van der Waals surface area contributed by atoms with Gasteiger partial charge in [0.1, 0.15) is 0 Å². The number of aromatic carboxylic acids is 2.